The minimum Gasteiger partial charge on any atom is -0.327 e. The lowest BCUT2D eigenvalue weighted by Gasteiger charge is -2.27. The van der Waals surface area contributed by atoms with Crippen LogP contribution in [0.2, 0.25) is 0 Å². The molecule has 0 saturated carbocycles. The summed E-state index contributed by atoms with van der Waals surface area (Å²) in [5.74, 6) is -0.168. The SMILES string of the molecule is CC(=O)C1=C(C)NC(=O)N[C@@H]1c1ccc([N+](=O)[O-])cc1. The number of nitrogens with one attached hydrogen (secondary N) is 2. The third kappa shape index (κ3) is 2.51. The number of amides is 2. The summed E-state index contributed by atoms with van der Waals surface area (Å²) in [5.41, 5.74) is 1.51. The molecule has 1 aromatic rings. The minimum absolute atomic E-state index is 0.0425. The van der Waals surface area contributed by atoms with E-state index in [1.807, 2.05) is 0 Å². The van der Waals surface area contributed by atoms with Crippen LogP contribution < -0.4 is 10.6 Å². The number of non-ortho nitro benzene ring substituents is 1. The zero-order valence-electron chi connectivity index (χ0n) is 11.0. The van der Waals surface area contributed by atoms with Gasteiger partial charge >= 0.3 is 6.03 Å². The zero-order chi connectivity index (χ0) is 14.9. The normalized spacial score (nSPS) is 18.3. The summed E-state index contributed by atoms with van der Waals surface area (Å²) in [4.78, 5) is 33.4. The fourth-order valence-electron chi connectivity index (χ4n) is 2.20. The Hall–Kier alpha value is -2.70. The van der Waals surface area contributed by atoms with Crippen LogP contribution in [0, 0.1) is 10.1 Å². The number of hydrogen-bond acceptors (Lipinski definition) is 4. The van der Waals surface area contributed by atoms with E-state index in [-0.39, 0.29) is 11.5 Å². The predicted molar refractivity (Wildman–Crippen MR) is 70.9 cm³/mol. The average Bonchev–Trinajstić information content (AvgIpc) is 2.37. The van der Waals surface area contributed by atoms with Crippen molar-refractivity contribution in [1.82, 2.24) is 10.6 Å². The van der Waals surface area contributed by atoms with Gasteiger partial charge in [-0.2, -0.15) is 0 Å². The van der Waals surface area contributed by atoms with Gasteiger partial charge in [0.15, 0.2) is 5.78 Å². The van der Waals surface area contributed by atoms with Crippen LogP contribution in [0.15, 0.2) is 35.5 Å². The van der Waals surface area contributed by atoms with Crippen molar-refractivity contribution in [2.24, 2.45) is 0 Å². The molecular formula is C13H13N3O4. The molecule has 0 aromatic heterocycles. The van der Waals surface area contributed by atoms with Crippen molar-refractivity contribution < 1.29 is 14.5 Å². The molecule has 104 valence electrons. The van der Waals surface area contributed by atoms with E-state index < -0.39 is 17.0 Å². The van der Waals surface area contributed by atoms with Gasteiger partial charge in [-0.1, -0.05) is 0 Å². The topological polar surface area (TPSA) is 101 Å². The van der Waals surface area contributed by atoms with Gasteiger partial charge < -0.3 is 10.6 Å². The molecule has 0 aliphatic carbocycles. The summed E-state index contributed by atoms with van der Waals surface area (Å²) in [7, 11) is 0. The number of allylic oxidation sites excluding steroid dienone is 1. The van der Waals surface area contributed by atoms with Crippen LogP contribution in [0.4, 0.5) is 10.5 Å². The van der Waals surface area contributed by atoms with Crippen molar-refractivity contribution in [2.45, 2.75) is 19.9 Å². The van der Waals surface area contributed by atoms with Crippen LogP contribution in [-0.4, -0.2) is 16.7 Å². The number of nitro benzene ring substituents is 1. The van der Waals surface area contributed by atoms with Crippen molar-refractivity contribution in [1.29, 1.82) is 0 Å². The highest BCUT2D eigenvalue weighted by atomic mass is 16.6. The van der Waals surface area contributed by atoms with Crippen LogP contribution in [0.25, 0.3) is 0 Å². The second-order valence-electron chi connectivity index (χ2n) is 4.47. The van der Waals surface area contributed by atoms with E-state index in [1.54, 1.807) is 6.92 Å². The Balaban J connectivity index is 2.43. The molecule has 7 nitrogen and oxygen atoms in total. The first kappa shape index (κ1) is 13.7. The fourth-order valence-corrected chi connectivity index (χ4v) is 2.20. The lowest BCUT2D eigenvalue weighted by Crippen LogP contribution is -2.44. The number of nitro groups is 1. The van der Waals surface area contributed by atoms with Gasteiger partial charge in [-0.15, -0.1) is 0 Å². The van der Waals surface area contributed by atoms with E-state index in [4.69, 9.17) is 0 Å². The number of ketones is 1. The molecule has 7 heteroatoms. The van der Waals surface area contributed by atoms with Gasteiger partial charge in [0, 0.05) is 23.4 Å². The number of rotatable bonds is 3. The molecule has 0 saturated heterocycles. The maximum atomic E-state index is 11.7. The highest BCUT2D eigenvalue weighted by Crippen LogP contribution is 2.28. The minimum atomic E-state index is -0.595. The van der Waals surface area contributed by atoms with Crippen molar-refractivity contribution in [3.8, 4) is 0 Å². The van der Waals surface area contributed by atoms with Crippen LogP contribution in [0.1, 0.15) is 25.5 Å². The van der Waals surface area contributed by atoms with Gasteiger partial charge in [0.2, 0.25) is 0 Å². The molecule has 0 spiro atoms. The molecule has 0 bridgehead atoms. The quantitative estimate of drug-likeness (QED) is 0.648. The molecule has 2 amide bonds. The van der Waals surface area contributed by atoms with Gasteiger partial charge in [0.05, 0.1) is 11.0 Å². The number of nitrogens with zero attached hydrogens (tertiary/aromatic N) is 1. The summed E-state index contributed by atoms with van der Waals surface area (Å²) in [6.07, 6.45) is 0. The summed E-state index contributed by atoms with van der Waals surface area (Å²) in [6, 6.07) is 4.75. The van der Waals surface area contributed by atoms with E-state index in [1.165, 1.54) is 31.2 Å². The number of benzene rings is 1. The Morgan fingerprint density at radius 1 is 1.30 bits per heavy atom. The predicted octanol–water partition coefficient (Wildman–Crippen LogP) is 1.81. The largest absolute Gasteiger partial charge is 0.327 e. The lowest BCUT2D eigenvalue weighted by atomic mass is 9.93. The van der Waals surface area contributed by atoms with Crippen molar-refractivity contribution in [3.63, 3.8) is 0 Å². The highest BCUT2D eigenvalue weighted by molar-refractivity contribution is 5.98. The molecule has 1 aromatic carbocycles. The molecule has 1 aliphatic rings. The van der Waals surface area contributed by atoms with E-state index in [2.05, 4.69) is 10.6 Å². The van der Waals surface area contributed by atoms with Gasteiger partial charge in [-0.25, -0.2) is 4.79 Å². The summed E-state index contributed by atoms with van der Waals surface area (Å²) in [5, 5.41) is 15.8. The second-order valence-corrected chi connectivity index (χ2v) is 4.47. The first-order valence-corrected chi connectivity index (χ1v) is 5.93. The summed E-state index contributed by atoms with van der Waals surface area (Å²) < 4.78 is 0. The summed E-state index contributed by atoms with van der Waals surface area (Å²) in [6.45, 7) is 3.06. The maximum Gasteiger partial charge on any atom is 0.319 e. The molecule has 2 rings (SSSR count). The Bertz CT molecular complexity index is 619. The second kappa shape index (κ2) is 5.12. The molecule has 1 atom stereocenters. The van der Waals surface area contributed by atoms with E-state index in [0.717, 1.165) is 0 Å². The third-order valence-corrected chi connectivity index (χ3v) is 3.09. The average molecular weight is 275 g/mol. The van der Waals surface area contributed by atoms with Crippen molar-refractivity contribution >= 4 is 17.5 Å². The molecule has 0 unspecified atom stereocenters. The monoisotopic (exact) mass is 275 g/mol. The van der Waals surface area contributed by atoms with Gasteiger partial charge in [0.25, 0.3) is 5.69 Å². The number of Topliss-reactive ketones (excluding diaryl/α,β-unsaturated/α-hetero) is 1. The number of carbonyl (C=O) groups excluding carboxylic acids is 2. The molecule has 20 heavy (non-hydrogen) atoms. The van der Waals surface area contributed by atoms with Gasteiger partial charge in [-0.05, 0) is 31.5 Å². The van der Waals surface area contributed by atoms with Crippen LogP contribution >= 0.6 is 0 Å². The standard InChI is InChI=1S/C13H13N3O4/c1-7-11(8(2)17)12(15-13(18)14-7)9-3-5-10(6-4-9)16(19)20/h3-6,12H,1-2H3,(H2,14,15,18)/t12-/m1/s1. The van der Waals surface area contributed by atoms with Gasteiger partial charge in [-0.3, -0.25) is 14.9 Å². The summed E-state index contributed by atoms with van der Waals surface area (Å²) >= 11 is 0. The molecule has 2 N–H and O–H groups in total. The Kier molecular flexibility index (Phi) is 3.51. The Labute approximate surface area is 114 Å². The smallest absolute Gasteiger partial charge is 0.319 e. The first-order chi connectivity index (χ1) is 9.40. The Morgan fingerprint density at radius 2 is 1.90 bits per heavy atom. The number of urea groups is 1. The van der Waals surface area contributed by atoms with Crippen molar-refractivity contribution in [3.05, 3.63) is 51.2 Å². The van der Waals surface area contributed by atoms with Crippen LogP contribution in [0.3, 0.4) is 0 Å². The highest BCUT2D eigenvalue weighted by Gasteiger charge is 2.29. The lowest BCUT2D eigenvalue weighted by molar-refractivity contribution is -0.384. The third-order valence-electron chi connectivity index (χ3n) is 3.09. The molecule has 0 fully saturated rings. The molecular weight excluding hydrogens is 262 g/mol. The first-order valence-electron chi connectivity index (χ1n) is 5.93. The zero-order valence-corrected chi connectivity index (χ0v) is 11.0. The van der Waals surface area contributed by atoms with E-state index in [0.29, 0.717) is 16.8 Å². The fraction of sp³-hybridized carbons (Fsp3) is 0.231. The van der Waals surface area contributed by atoms with E-state index in [9.17, 15) is 19.7 Å². The van der Waals surface area contributed by atoms with E-state index >= 15 is 0 Å². The van der Waals surface area contributed by atoms with Crippen LogP contribution in [-0.2, 0) is 4.79 Å². The maximum absolute atomic E-state index is 11.7. The Morgan fingerprint density at radius 3 is 2.40 bits per heavy atom. The molecule has 1 heterocycles. The number of carbonyl (C=O) groups is 2. The molecule has 0 radical (unpaired) electrons. The molecule has 1 aliphatic heterocycles. The van der Waals surface area contributed by atoms with Crippen LogP contribution in [0.5, 0.6) is 0 Å². The van der Waals surface area contributed by atoms with Crippen molar-refractivity contribution in [2.75, 3.05) is 0 Å². The van der Waals surface area contributed by atoms with Gasteiger partial charge in [0.1, 0.15) is 0 Å². The number of hydrogen-bond donors (Lipinski definition) is 2.